The smallest absolute Gasteiger partial charge is 0.328 e. The number of ether oxygens (including phenoxy) is 1. The van der Waals surface area contributed by atoms with E-state index in [0.29, 0.717) is 13.2 Å². The monoisotopic (exact) mass is 278 g/mol. The average Bonchev–Trinajstić information content (AvgIpc) is 2.45. The molecule has 0 aliphatic rings. The Balaban J connectivity index is 2.48. The van der Waals surface area contributed by atoms with E-state index in [0.717, 1.165) is 25.9 Å². The first kappa shape index (κ1) is 15.9. The van der Waals surface area contributed by atoms with Crippen molar-refractivity contribution in [3.05, 3.63) is 27.9 Å². The lowest BCUT2D eigenvalue weighted by molar-refractivity contribution is -0.384. The lowest BCUT2D eigenvalue weighted by Crippen LogP contribution is -2.09. The highest BCUT2D eigenvalue weighted by molar-refractivity contribution is 5.63. The summed E-state index contributed by atoms with van der Waals surface area (Å²) in [6, 6.07) is 3.13. The van der Waals surface area contributed by atoms with E-state index in [4.69, 9.17) is 10.00 Å². The summed E-state index contributed by atoms with van der Waals surface area (Å²) in [4.78, 5) is 14.3. The fourth-order valence-corrected chi connectivity index (χ4v) is 1.59. The van der Waals surface area contributed by atoms with Gasteiger partial charge in [-0.3, -0.25) is 10.1 Å². The zero-order valence-electron chi connectivity index (χ0n) is 11.5. The van der Waals surface area contributed by atoms with E-state index in [9.17, 15) is 10.1 Å². The maximum Gasteiger partial charge on any atom is 0.328 e. The number of unbranched alkanes of at least 4 members (excludes halogenated alkanes) is 1. The zero-order valence-corrected chi connectivity index (χ0v) is 11.5. The molecule has 1 aromatic heterocycles. The number of anilines is 1. The van der Waals surface area contributed by atoms with Crippen molar-refractivity contribution in [3.63, 3.8) is 0 Å². The molecule has 0 aromatic carbocycles. The number of nitro groups is 1. The first-order valence-corrected chi connectivity index (χ1v) is 6.55. The number of nitrogens with zero attached hydrogens (tertiary/aromatic N) is 3. The quantitative estimate of drug-likeness (QED) is 0.423. The van der Waals surface area contributed by atoms with Crippen LogP contribution in [0, 0.1) is 21.4 Å². The molecule has 0 spiro atoms. The molecule has 0 saturated heterocycles. The van der Waals surface area contributed by atoms with Crippen molar-refractivity contribution in [2.75, 3.05) is 25.1 Å². The number of nitrogens with one attached hydrogen (secondary N) is 1. The van der Waals surface area contributed by atoms with Crippen LogP contribution in [0.5, 0.6) is 0 Å². The van der Waals surface area contributed by atoms with Crippen LogP contribution in [0.2, 0.25) is 0 Å². The zero-order chi connectivity index (χ0) is 14.8. The average molecular weight is 278 g/mol. The van der Waals surface area contributed by atoms with Crippen molar-refractivity contribution in [2.24, 2.45) is 0 Å². The number of hydrogen-bond acceptors (Lipinski definition) is 6. The van der Waals surface area contributed by atoms with Crippen molar-refractivity contribution in [3.8, 4) is 6.07 Å². The largest absolute Gasteiger partial charge is 0.381 e. The molecule has 0 aliphatic heterocycles. The van der Waals surface area contributed by atoms with Crippen LogP contribution in [0.15, 0.2) is 12.3 Å². The summed E-state index contributed by atoms with van der Waals surface area (Å²) in [7, 11) is 0. The van der Waals surface area contributed by atoms with Crippen molar-refractivity contribution in [1.82, 2.24) is 4.98 Å². The molecule has 0 radical (unpaired) electrons. The molecule has 0 atom stereocenters. The van der Waals surface area contributed by atoms with E-state index in [1.165, 1.54) is 12.3 Å². The van der Waals surface area contributed by atoms with Gasteiger partial charge in [0.25, 0.3) is 0 Å². The molecule has 1 heterocycles. The molecular weight excluding hydrogens is 260 g/mol. The fourth-order valence-electron chi connectivity index (χ4n) is 1.59. The highest BCUT2D eigenvalue weighted by Gasteiger charge is 2.20. The van der Waals surface area contributed by atoms with Gasteiger partial charge in [0.1, 0.15) is 11.6 Å². The van der Waals surface area contributed by atoms with Gasteiger partial charge in [-0.1, -0.05) is 13.3 Å². The molecule has 0 unspecified atom stereocenters. The first-order valence-electron chi connectivity index (χ1n) is 6.55. The second-order valence-electron chi connectivity index (χ2n) is 4.17. The molecule has 0 bridgehead atoms. The molecule has 7 nitrogen and oxygen atoms in total. The van der Waals surface area contributed by atoms with Gasteiger partial charge in [-0.2, -0.15) is 5.26 Å². The Labute approximate surface area is 117 Å². The van der Waals surface area contributed by atoms with Crippen molar-refractivity contribution in [2.45, 2.75) is 26.2 Å². The van der Waals surface area contributed by atoms with Crippen LogP contribution in [0.1, 0.15) is 31.7 Å². The fraction of sp³-hybridized carbons (Fsp3) is 0.538. The van der Waals surface area contributed by atoms with Crippen molar-refractivity contribution >= 4 is 11.5 Å². The normalized spacial score (nSPS) is 10.0. The molecule has 7 heteroatoms. The molecule has 1 aromatic rings. The molecule has 20 heavy (non-hydrogen) atoms. The van der Waals surface area contributed by atoms with E-state index < -0.39 is 4.92 Å². The number of hydrogen-bond donors (Lipinski definition) is 1. The van der Waals surface area contributed by atoms with E-state index in [1.807, 2.05) is 0 Å². The van der Waals surface area contributed by atoms with E-state index in [2.05, 4.69) is 17.2 Å². The Morgan fingerprint density at radius 3 is 2.90 bits per heavy atom. The summed E-state index contributed by atoms with van der Waals surface area (Å²) >= 11 is 0. The Bertz CT molecular complexity index is 485. The van der Waals surface area contributed by atoms with Crippen LogP contribution in [0.25, 0.3) is 0 Å². The summed E-state index contributed by atoms with van der Waals surface area (Å²) in [6.07, 6.45) is 4.23. The summed E-state index contributed by atoms with van der Waals surface area (Å²) in [5.74, 6) is 0.127. The Morgan fingerprint density at radius 2 is 2.25 bits per heavy atom. The van der Waals surface area contributed by atoms with Crippen LogP contribution in [0.4, 0.5) is 11.5 Å². The molecule has 1 N–H and O–H groups in total. The van der Waals surface area contributed by atoms with Crippen molar-refractivity contribution in [1.29, 1.82) is 5.26 Å². The summed E-state index contributed by atoms with van der Waals surface area (Å²) in [5.41, 5.74) is -0.270. The van der Waals surface area contributed by atoms with Crippen LogP contribution < -0.4 is 5.32 Å². The Kier molecular flexibility index (Phi) is 7.00. The lowest BCUT2D eigenvalue weighted by Gasteiger charge is -2.07. The first-order chi connectivity index (χ1) is 9.70. The third kappa shape index (κ3) is 4.82. The molecule has 0 aliphatic carbocycles. The molecule has 0 amide bonds. The van der Waals surface area contributed by atoms with E-state index in [-0.39, 0.29) is 17.1 Å². The topological polar surface area (TPSA) is 101 Å². The maximum atomic E-state index is 11.0. The SMILES string of the molecule is CCCCOCCCNc1nccc(C#N)c1[N+](=O)[O-]. The Morgan fingerprint density at radius 1 is 1.50 bits per heavy atom. The predicted octanol–water partition coefficient (Wildman–Crippen LogP) is 2.48. The Hall–Kier alpha value is -2.20. The van der Waals surface area contributed by atoms with Gasteiger partial charge < -0.3 is 10.1 Å². The van der Waals surface area contributed by atoms with Gasteiger partial charge in [0, 0.05) is 26.0 Å². The van der Waals surface area contributed by atoms with E-state index >= 15 is 0 Å². The van der Waals surface area contributed by atoms with Gasteiger partial charge in [-0.05, 0) is 18.9 Å². The molecule has 0 saturated carbocycles. The highest BCUT2D eigenvalue weighted by Crippen LogP contribution is 2.25. The van der Waals surface area contributed by atoms with Gasteiger partial charge >= 0.3 is 5.69 Å². The number of pyridine rings is 1. The van der Waals surface area contributed by atoms with Crippen LogP contribution in [0.3, 0.4) is 0 Å². The number of rotatable bonds is 9. The third-order valence-corrected chi connectivity index (χ3v) is 2.63. The van der Waals surface area contributed by atoms with Crippen LogP contribution in [-0.2, 0) is 4.74 Å². The number of aromatic nitrogens is 1. The standard InChI is InChI=1S/C13H18N4O3/c1-2-3-8-20-9-4-6-15-13-12(17(18)19)11(10-14)5-7-16-13/h5,7H,2-4,6,8-9H2,1H3,(H,15,16). The lowest BCUT2D eigenvalue weighted by atomic mass is 10.2. The van der Waals surface area contributed by atoms with Crippen LogP contribution in [-0.4, -0.2) is 29.7 Å². The second kappa shape index (κ2) is 8.82. The molecule has 1 rings (SSSR count). The maximum absolute atomic E-state index is 11.0. The second-order valence-corrected chi connectivity index (χ2v) is 4.17. The summed E-state index contributed by atoms with van der Waals surface area (Å²) in [5, 5.41) is 22.7. The number of nitriles is 1. The van der Waals surface area contributed by atoms with E-state index in [1.54, 1.807) is 6.07 Å². The van der Waals surface area contributed by atoms with Gasteiger partial charge in [-0.15, -0.1) is 0 Å². The van der Waals surface area contributed by atoms with Gasteiger partial charge in [0.05, 0.1) is 4.92 Å². The molecular formula is C13H18N4O3. The highest BCUT2D eigenvalue weighted by atomic mass is 16.6. The van der Waals surface area contributed by atoms with Crippen molar-refractivity contribution < 1.29 is 9.66 Å². The predicted molar refractivity (Wildman–Crippen MR) is 74.4 cm³/mol. The summed E-state index contributed by atoms with van der Waals surface area (Å²) < 4.78 is 5.39. The minimum absolute atomic E-state index is 0.00620. The van der Waals surface area contributed by atoms with Gasteiger partial charge in [-0.25, -0.2) is 4.98 Å². The van der Waals surface area contributed by atoms with Crippen LogP contribution >= 0.6 is 0 Å². The minimum atomic E-state index is -0.592. The third-order valence-electron chi connectivity index (χ3n) is 2.63. The summed E-state index contributed by atoms with van der Waals surface area (Å²) in [6.45, 7) is 3.93. The molecule has 108 valence electrons. The molecule has 0 fully saturated rings. The minimum Gasteiger partial charge on any atom is -0.381 e. The van der Waals surface area contributed by atoms with Gasteiger partial charge in [0.2, 0.25) is 5.82 Å². The van der Waals surface area contributed by atoms with Gasteiger partial charge in [0.15, 0.2) is 0 Å².